The standard InChI is InChI=1S/C21H22ClN3O4S/c1-4-9-25-20(27)13-7-5-6-8-15(13)24-21(25)30-12-19(26)23-16-10-14(22)17(28-2)11-18(16)29-3/h5-8,10-11H,4,9,12H2,1-3H3,(H,23,26). The Kier molecular flexibility index (Phi) is 7.23. The zero-order valence-corrected chi connectivity index (χ0v) is 18.5. The van der Waals surface area contributed by atoms with Gasteiger partial charge in [-0.2, -0.15) is 0 Å². The van der Waals surface area contributed by atoms with Crippen molar-refractivity contribution in [3.63, 3.8) is 0 Å². The van der Waals surface area contributed by atoms with Gasteiger partial charge in [0.15, 0.2) is 5.16 Å². The maximum absolute atomic E-state index is 12.8. The van der Waals surface area contributed by atoms with Crippen molar-refractivity contribution >= 4 is 45.9 Å². The highest BCUT2D eigenvalue weighted by Gasteiger charge is 2.15. The van der Waals surface area contributed by atoms with Gasteiger partial charge >= 0.3 is 0 Å². The number of amides is 1. The van der Waals surface area contributed by atoms with Crippen molar-refractivity contribution in [3.8, 4) is 11.5 Å². The van der Waals surface area contributed by atoms with Crippen LogP contribution in [-0.2, 0) is 11.3 Å². The second-order valence-corrected chi connectivity index (χ2v) is 7.74. The molecule has 0 aliphatic rings. The van der Waals surface area contributed by atoms with Crippen LogP contribution >= 0.6 is 23.4 Å². The van der Waals surface area contributed by atoms with Crippen LogP contribution in [0, 0.1) is 0 Å². The summed E-state index contributed by atoms with van der Waals surface area (Å²) in [6.07, 6.45) is 0.779. The number of anilines is 1. The van der Waals surface area contributed by atoms with Crippen molar-refractivity contribution in [3.05, 3.63) is 51.8 Å². The lowest BCUT2D eigenvalue weighted by Crippen LogP contribution is -2.24. The van der Waals surface area contributed by atoms with E-state index in [1.807, 2.05) is 19.1 Å². The number of aromatic nitrogens is 2. The average Bonchev–Trinajstić information content (AvgIpc) is 2.75. The van der Waals surface area contributed by atoms with Crippen molar-refractivity contribution in [1.82, 2.24) is 9.55 Å². The molecule has 30 heavy (non-hydrogen) atoms. The Balaban J connectivity index is 1.81. The van der Waals surface area contributed by atoms with Crippen LogP contribution in [0.25, 0.3) is 10.9 Å². The first-order valence-electron chi connectivity index (χ1n) is 9.32. The molecule has 9 heteroatoms. The van der Waals surface area contributed by atoms with Crippen LogP contribution in [-0.4, -0.2) is 35.4 Å². The predicted octanol–water partition coefficient (Wildman–Crippen LogP) is 4.21. The lowest BCUT2D eigenvalue weighted by molar-refractivity contribution is -0.113. The Morgan fingerprint density at radius 1 is 1.20 bits per heavy atom. The maximum atomic E-state index is 12.8. The first-order valence-corrected chi connectivity index (χ1v) is 10.7. The average molecular weight is 448 g/mol. The summed E-state index contributed by atoms with van der Waals surface area (Å²) in [5.41, 5.74) is 0.946. The molecule has 3 aromatic rings. The number of benzene rings is 2. The highest BCUT2D eigenvalue weighted by Crippen LogP contribution is 2.36. The van der Waals surface area contributed by atoms with Crippen molar-refractivity contribution < 1.29 is 14.3 Å². The number of thioether (sulfide) groups is 1. The quantitative estimate of drug-likeness (QED) is 0.411. The number of carbonyl (C=O) groups excluding carboxylic acids is 1. The number of para-hydroxylation sites is 1. The molecule has 0 fully saturated rings. The third-order valence-electron chi connectivity index (χ3n) is 4.35. The summed E-state index contributed by atoms with van der Waals surface area (Å²) < 4.78 is 12.1. The summed E-state index contributed by atoms with van der Waals surface area (Å²) in [6, 6.07) is 10.4. The number of halogens is 1. The van der Waals surface area contributed by atoms with Gasteiger partial charge in [-0.15, -0.1) is 0 Å². The van der Waals surface area contributed by atoms with Crippen molar-refractivity contribution in [2.45, 2.75) is 25.0 Å². The third-order valence-corrected chi connectivity index (χ3v) is 5.63. The molecular weight excluding hydrogens is 426 g/mol. The fourth-order valence-corrected chi connectivity index (χ4v) is 4.02. The molecule has 0 radical (unpaired) electrons. The molecule has 7 nitrogen and oxygen atoms in total. The fraction of sp³-hybridized carbons (Fsp3) is 0.286. The first-order chi connectivity index (χ1) is 14.5. The van der Waals surface area contributed by atoms with E-state index in [-0.39, 0.29) is 17.2 Å². The number of hydrogen-bond acceptors (Lipinski definition) is 6. The fourth-order valence-electron chi connectivity index (χ4n) is 2.95. The molecule has 0 aliphatic carbocycles. The Bertz CT molecular complexity index is 1130. The largest absolute Gasteiger partial charge is 0.495 e. The molecule has 1 N–H and O–H groups in total. The molecule has 158 valence electrons. The zero-order valence-electron chi connectivity index (χ0n) is 16.9. The molecule has 0 bridgehead atoms. The number of methoxy groups -OCH3 is 2. The Hall–Kier alpha value is -2.71. The molecule has 1 aromatic heterocycles. The number of nitrogens with one attached hydrogen (secondary N) is 1. The summed E-state index contributed by atoms with van der Waals surface area (Å²) in [5.74, 6) is 0.678. The number of rotatable bonds is 8. The van der Waals surface area contributed by atoms with Gasteiger partial charge in [-0.1, -0.05) is 42.4 Å². The van der Waals surface area contributed by atoms with Gasteiger partial charge < -0.3 is 14.8 Å². The van der Waals surface area contributed by atoms with Gasteiger partial charge in [-0.3, -0.25) is 14.2 Å². The minimum atomic E-state index is -0.273. The van der Waals surface area contributed by atoms with Crippen LogP contribution in [0.1, 0.15) is 13.3 Å². The van der Waals surface area contributed by atoms with Crippen molar-refractivity contribution in [2.24, 2.45) is 0 Å². The summed E-state index contributed by atoms with van der Waals surface area (Å²) in [6.45, 7) is 2.52. The van der Waals surface area contributed by atoms with Gasteiger partial charge in [0.25, 0.3) is 5.56 Å². The van der Waals surface area contributed by atoms with E-state index >= 15 is 0 Å². The molecule has 3 rings (SSSR count). The maximum Gasteiger partial charge on any atom is 0.262 e. The van der Waals surface area contributed by atoms with Crippen LogP contribution in [0.15, 0.2) is 46.3 Å². The van der Waals surface area contributed by atoms with Crippen LogP contribution < -0.4 is 20.3 Å². The second-order valence-electron chi connectivity index (χ2n) is 6.39. The molecule has 0 spiro atoms. The number of ether oxygens (including phenoxy) is 2. The minimum Gasteiger partial charge on any atom is -0.495 e. The SMILES string of the molecule is CCCn1c(SCC(=O)Nc2cc(Cl)c(OC)cc2OC)nc2ccccc2c1=O. The molecule has 1 amide bonds. The van der Waals surface area contributed by atoms with E-state index in [1.165, 1.54) is 26.0 Å². The Labute approximate surface area is 183 Å². The zero-order chi connectivity index (χ0) is 21.7. The smallest absolute Gasteiger partial charge is 0.262 e. The van der Waals surface area contributed by atoms with E-state index in [0.717, 1.165) is 6.42 Å². The summed E-state index contributed by atoms with van der Waals surface area (Å²) in [4.78, 5) is 30.0. The molecule has 1 heterocycles. The van der Waals surface area contributed by atoms with Gasteiger partial charge in [-0.25, -0.2) is 4.98 Å². The molecular formula is C21H22ClN3O4S. The van der Waals surface area contributed by atoms with E-state index < -0.39 is 0 Å². The number of fused-ring (bicyclic) bond motifs is 1. The lowest BCUT2D eigenvalue weighted by atomic mass is 10.2. The Morgan fingerprint density at radius 2 is 1.93 bits per heavy atom. The van der Waals surface area contributed by atoms with Gasteiger partial charge in [0.1, 0.15) is 11.5 Å². The van der Waals surface area contributed by atoms with Crippen LogP contribution in [0.3, 0.4) is 0 Å². The van der Waals surface area contributed by atoms with E-state index in [1.54, 1.807) is 28.8 Å². The molecule has 0 atom stereocenters. The molecule has 0 saturated heterocycles. The van der Waals surface area contributed by atoms with Gasteiger partial charge in [0, 0.05) is 12.6 Å². The number of nitrogens with zero attached hydrogens (tertiary/aromatic N) is 2. The summed E-state index contributed by atoms with van der Waals surface area (Å²) in [5, 5.41) is 4.22. The molecule has 0 unspecified atom stereocenters. The van der Waals surface area contributed by atoms with E-state index in [2.05, 4.69) is 10.3 Å². The van der Waals surface area contributed by atoms with Crippen molar-refractivity contribution in [1.29, 1.82) is 0 Å². The summed E-state index contributed by atoms with van der Waals surface area (Å²) in [7, 11) is 3.00. The van der Waals surface area contributed by atoms with Crippen molar-refractivity contribution in [2.75, 3.05) is 25.3 Å². The van der Waals surface area contributed by atoms with Gasteiger partial charge in [0.2, 0.25) is 5.91 Å². The first kappa shape index (κ1) is 22.0. The van der Waals surface area contributed by atoms with E-state index in [4.69, 9.17) is 21.1 Å². The number of carbonyl (C=O) groups is 1. The lowest BCUT2D eigenvalue weighted by Gasteiger charge is -2.14. The molecule has 0 saturated carbocycles. The van der Waals surface area contributed by atoms with Gasteiger partial charge in [0.05, 0.1) is 41.6 Å². The van der Waals surface area contributed by atoms with Crippen LogP contribution in [0.2, 0.25) is 5.02 Å². The van der Waals surface area contributed by atoms with E-state index in [0.29, 0.717) is 44.8 Å². The van der Waals surface area contributed by atoms with E-state index in [9.17, 15) is 9.59 Å². The third kappa shape index (κ3) is 4.71. The molecule has 0 aliphatic heterocycles. The Morgan fingerprint density at radius 3 is 2.63 bits per heavy atom. The van der Waals surface area contributed by atoms with Gasteiger partial charge in [-0.05, 0) is 24.6 Å². The second kappa shape index (κ2) is 9.86. The minimum absolute atomic E-state index is 0.0707. The highest BCUT2D eigenvalue weighted by molar-refractivity contribution is 7.99. The summed E-state index contributed by atoms with van der Waals surface area (Å²) >= 11 is 7.37. The topological polar surface area (TPSA) is 82.5 Å². The highest BCUT2D eigenvalue weighted by atomic mass is 35.5. The monoisotopic (exact) mass is 447 g/mol. The predicted molar refractivity (Wildman–Crippen MR) is 120 cm³/mol. The molecule has 2 aromatic carbocycles. The van der Waals surface area contributed by atoms with Crippen LogP contribution in [0.5, 0.6) is 11.5 Å². The number of hydrogen-bond donors (Lipinski definition) is 1. The van der Waals surface area contributed by atoms with Crippen LogP contribution in [0.4, 0.5) is 5.69 Å². The normalized spacial score (nSPS) is 10.8.